The molecule has 0 saturated carbocycles. The molecular formula is C13H22N4O3S. The standard InChI is InChI=1S/C13H22N4O3S/c1-3-14-13-5-4-12(9-15-13)21(18,19)16-8-11-10-17(2)6-7-20-11/h4-5,9,11,16H,3,6-8,10H2,1-2H3,(H,14,15). The molecule has 1 aliphatic heterocycles. The number of nitrogens with zero attached hydrogens (tertiary/aromatic N) is 2. The fourth-order valence-corrected chi connectivity index (χ4v) is 3.11. The third kappa shape index (κ3) is 4.63. The topological polar surface area (TPSA) is 83.6 Å². The Kier molecular flexibility index (Phi) is 5.51. The van der Waals surface area contributed by atoms with E-state index in [1.165, 1.54) is 6.20 Å². The van der Waals surface area contributed by atoms with Crippen LogP contribution in [0.15, 0.2) is 23.2 Å². The van der Waals surface area contributed by atoms with E-state index in [9.17, 15) is 8.42 Å². The van der Waals surface area contributed by atoms with Crippen molar-refractivity contribution in [1.29, 1.82) is 0 Å². The van der Waals surface area contributed by atoms with E-state index in [4.69, 9.17) is 4.74 Å². The predicted octanol–water partition coefficient (Wildman–Crippen LogP) is 0.122. The molecule has 1 saturated heterocycles. The van der Waals surface area contributed by atoms with Crippen molar-refractivity contribution in [3.8, 4) is 0 Å². The Labute approximate surface area is 125 Å². The van der Waals surface area contributed by atoms with Crippen LogP contribution in [-0.2, 0) is 14.8 Å². The van der Waals surface area contributed by atoms with Gasteiger partial charge >= 0.3 is 0 Å². The molecule has 1 aliphatic rings. The van der Waals surface area contributed by atoms with Crippen LogP contribution in [0.1, 0.15) is 6.92 Å². The Morgan fingerprint density at radius 1 is 1.48 bits per heavy atom. The van der Waals surface area contributed by atoms with E-state index in [1.807, 2.05) is 14.0 Å². The molecule has 7 nitrogen and oxygen atoms in total. The summed E-state index contributed by atoms with van der Waals surface area (Å²) >= 11 is 0. The van der Waals surface area contributed by atoms with Gasteiger partial charge in [0.05, 0.1) is 12.7 Å². The fourth-order valence-electron chi connectivity index (χ4n) is 2.10. The van der Waals surface area contributed by atoms with Gasteiger partial charge in [-0.2, -0.15) is 0 Å². The number of nitrogens with one attached hydrogen (secondary N) is 2. The first-order valence-electron chi connectivity index (χ1n) is 7.01. The Balaban J connectivity index is 1.94. The van der Waals surface area contributed by atoms with Crippen LogP contribution in [-0.4, -0.2) is 64.2 Å². The highest BCUT2D eigenvalue weighted by atomic mass is 32.2. The van der Waals surface area contributed by atoms with Crippen molar-refractivity contribution in [1.82, 2.24) is 14.6 Å². The number of sulfonamides is 1. The molecule has 2 N–H and O–H groups in total. The first-order chi connectivity index (χ1) is 10.0. The maximum atomic E-state index is 12.2. The number of morpholine rings is 1. The number of ether oxygens (including phenoxy) is 1. The summed E-state index contributed by atoms with van der Waals surface area (Å²) < 4.78 is 32.5. The van der Waals surface area contributed by atoms with Crippen LogP contribution >= 0.6 is 0 Å². The summed E-state index contributed by atoms with van der Waals surface area (Å²) in [6.07, 6.45) is 1.24. The quantitative estimate of drug-likeness (QED) is 0.776. The van der Waals surface area contributed by atoms with Gasteiger partial charge in [-0.15, -0.1) is 0 Å². The normalized spacial score (nSPS) is 20.4. The Hall–Kier alpha value is -1.22. The number of hydrogen-bond acceptors (Lipinski definition) is 6. The maximum absolute atomic E-state index is 12.2. The van der Waals surface area contributed by atoms with E-state index >= 15 is 0 Å². The van der Waals surface area contributed by atoms with Gasteiger partial charge in [0.2, 0.25) is 10.0 Å². The predicted molar refractivity (Wildman–Crippen MR) is 80.8 cm³/mol. The highest BCUT2D eigenvalue weighted by molar-refractivity contribution is 7.89. The molecule has 118 valence electrons. The molecule has 1 aromatic rings. The van der Waals surface area contributed by atoms with Gasteiger partial charge in [0.1, 0.15) is 10.7 Å². The molecule has 2 rings (SSSR count). The molecular weight excluding hydrogens is 292 g/mol. The van der Waals surface area contributed by atoms with Crippen LogP contribution in [0, 0.1) is 0 Å². The van der Waals surface area contributed by atoms with E-state index in [1.54, 1.807) is 12.1 Å². The minimum atomic E-state index is -3.55. The van der Waals surface area contributed by atoms with Gasteiger partial charge in [0, 0.05) is 32.4 Å². The average molecular weight is 314 g/mol. The summed E-state index contributed by atoms with van der Waals surface area (Å²) in [6.45, 7) is 5.18. The van der Waals surface area contributed by atoms with E-state index in [2.05, 4.69) is 19.9 Å². The van der Waals surface area contributed by atoms with Crippen molar-refractivity contribution >= 4 is 15.8 Å². The third-order valence-corrected chi connectivity index (χ3v) is 4.66. The zero-order chi connectivity index (χ0) is 15.3. The molecule has 0 bridgehead atoms. The van der Waals surface area contributed by atoms with Crippen molar-refractivity contribution in [3.05, 3.63) is 18.3 Å². The molecule has 1 fully saturated rings. The van der Waals surface area contributed by atoms with Gasteiger partial charge in [0.25, 0.3) is 0 Å². The lowest BCUT2D eigenvalue weighted by atomic mass is 10.3. The third-order valence-electron chi connectivity index (χ3n) is 3.25. The van der Waals surface area contributed by atoms with Crippen LogP contribution < -0.4 is 10.0 Å². The molecule has 0 radical (unpaired) electrons. The minimum Gasteiger partial charge on any atom is -0.374 e. The Bertz CT molecular complexity index is 547. The average Bonchev–Trinajstić information content (AvgIpc) is 2.46. The second-order valence-corrected chi connectivity index (χ2v) is 6.78. The minimum absolute atomic E-state index is 0.118. The molecule has 0 amide bonds. The van der Waals surface area contributed by atoms with Crippen molar-refractivity contribution in [2.75, 3.05) is 45.2 Å². The molecule has 0 aromatic carbocycles. The molecule has 21 heavy (non-hydrogen) atoms. The van der Waals surface area contributed by atoms with Crippen molar-refractivity contribution in [2.45, 2.75) is 17.9 Å². The zero-order valence-electron chi connectivity index (χ0n) is 12.4. The van der Waals surface area contributed by atoms with Crippen molar-refractivity contribution in [3.63, 3.8) is 0 Å². The summed E-state index contributed by atoms with van der Waals surface area (Å²) in [5, 5.41) is 3.02. The van der Waals surface area contributed by atoms with Gasteiger partial charge in [-0.05, 0) is 26.1 Å². The van der Waals surface area contributed by atoms with Gasteiger partial charge in [-0.1, -0.05) is 0 Å². The molecule has 2 heterocycles. The number of likely N-dealkylation sites (N-methyl/N-ethyl adjacent to an activating group) is 1. The number of anilines is 1. The number of aromatic nitrogens is 1. The SMILES string of the molecule is CCNc1ccc(S(=O)(=O)NCC2CN(C)CCO2)cn1. The summed E-state index contributed by atoms with van der Waals surface area (Å²) in [6, 6.07) is 3.20. The zero-order valence-corrected chi connectivity index (χ0v) is 13.2. The highest BCUT2D eigenvalue weighted by Gasteiger charge is 2.21. The number of rotatable bonds is 6. The van der Waals surface area contributed by atoms with Gasteiger partial charge in [-0.25, -0.2) is 18.1 Å². The summed E-state index contributed by atoms with van der Waals surface area (Å²) in [5.74, 6) is 0.661. The summed E-state index contributed by atoms with van der Waals surface area (Å²) in [7, 11) is -1.55. The largest absolute Gasteiger partial charge is 0.374 e. The first kappa shape index (κ1) is 16.2. The fraction of sp³-hybridized carbons (Fsp3) is 0.615. The van der Waals surface area contributed by atoms with Crippen LogP contribution in [0.5, 0.6) is 0 Å². The lowest BCUT2D eigenvalue weighted by Gasteiger charge is -2.30. The molecule has 0 spiro atoms. The lowest BCUT2D eigenvalue weighted by molar-refractivity contribution is -0.0156. The molecule has 1 aromatic heterocycles. The van der Waals surface area contributed by atoms with E-state index in [0.29, 0.717) is 12.4 Å². The van der Waals surface area contributed by atoms with Gasteiger partial charge < -0.3 is 15.0 Å². The first-order valence-corrected chi connectivity index (χ1v) is 8.49. The lowest BCUT2D eigenvalue weighted by Crippen LogP contribution is -2.45. The van der Waals surface area contributed by atoms with Crippen molar-refractivity contribution in [2.24, 2.45) is 0 Å². The van der Waals surface area contributed by atoms with E-state index < -0.39 is 10.0 Å². The highest BCUT2D eigenvalue weighted by Crippen LogP contribution is 2.11. The molecule has 8 heteroatoms. The van der Waals surface area contributed by atoms with Gasteiger partial charge in [-0.3, -0.25) is 0 Å². The Morgan fingerprint density at radius 3 is 2.90 bits per heavy atom. The second kappa shape index (κ2) is 7.17. The van der Waals surface area contributed by atoms with E-state index in [0.717, 1.165) is 19.6 Å². The second-order valence-electron chi connectivity index (χ2n) is 5.02. The van der Waals surface area contributed by atoms with Crippen LogP contribution in [0.25, 0.3) is 0 Å². The molecule has 1 atom stereocenters. The molecule has 0 aliphatic carbocycles. The monoisotopic (exact) mass is 314 g/mol. The van der Waals surface area contributed by atoms with Crippen LogP contribution in [0.4, 0.5) is 5.82 Å². The summed E-state index contributed by atoms with van der Waals surface area (Å²) in [4.78, 5) is 6.35. The van der Waals surface area contributed by atoms with E-state index in [-0.39, 0.29) is 17.5 Å². The van der Waals surface area contributed by atoms with Crippen LogP contribution in [0.3, 0.4) is 0 Å². The number of hydrogen-bond donors (Lipinski definition) is 2. The number of pyridine rings is 1. The molecule has 1 unspecified atom stereocenters. The smallest absolute Gasteiger partial charge is 0.242 e. The van der Waals surface area contributed by atoms with Crippen LogP contribution in [0.2, 0.25) is 0 Å². The van der Waals surface area contributed by atoms with Crippen molar-refractivity contribution < 1.29 is 13.2 Å². The Morgan fingerprint density at radius 2 is 2.29 bits per heavy atom. The van der Waals surface area contributed by atoms with Gasteiger partial charge in [0.15, 0.2) is 0 Å². The maximum Gasteiger partial charge on any atom is 0.242 e. The summed E-state index contributed by atoms with van der Waals surface area (Å²) in [5.41, 5.74) is 0.